The van der Waals surface area contributed by atoms with Crippen LogP contribution in [0.1, 0.15) is 35.2 Å². The summed E-state index contributed by atoms with van der Waals surface area (Å²) in [6.07, 6.45) is -6.47. The highest BCUT2D eigenvalue weighted by Crippen LogP contribution is 2.40. The van der Waals surface area contributed by atoms with Gasteiger partial charge in [-0.2, -0.15) is 26.3 Å². The van der Waals surface area contributed by atoms with Gasteiger partial charge in [-0.05, 0) is 31.5 Å². The Kier molecular flexibility index (Phi) is 6.50. The van der Waals surface area contributed by atoms with Crippen LogP contribution in [0.25, 0.3) is 22.2 Å². The van der Waals surface area contributed by atoms with Gasteiger partial charge < -0.3 is 25.6 Å². The van der Waals surface area contributed by atoms with Gasteiger partial charge in [-0.1, -0.05) is 6.07 Å². The van der Waals surface area contributed by atoms with Crippen LogP contribution in [0.2, 0.25) is 0 Å². The number of nitrogens with one attached hydrogen (secondary N) is 3. The number of nitrogens with zero attached hydrogens (tertiary/aromatic N) is 3. The Morgan fingerprint density at radius 1 is 1.21 bits per heavy atom. The molecular weight excluding hydrogens is 518 g/mol. The number of anilines is 1. The van der Waals surface area contributed by atoms with Crippen LogP contribution in [-0.2, 0) is 6.18 Å². The molecule has 8 nitrogen and oxygen atoms in total. The van der Waals surface area contributed by atoms with Gasteiger partial charge in [0.1, 0.15) is 5.56 Å². The van der Waals surface area contributed by atoms with Crippen LogP contribution in [0.3, 0.4) is 0 Å². The number of benzene rings is 1. The quantitative estimate of drug-likeness (QED) is 0.372. The third-order valence-corrected chi connectivity index (χ3v) is 6.97. The average Bonchev–Trinajstić information content (AvgIpc) is 3.47. The van der Waals surface area contributed by atoms with Crippen LogP contribution in [0, 0.1) is 0 Å². The number of likely N-dealkylation sites (tertiary alicyclic amines) is 1. The summed E-state index contributed by atoms with van der Waals surface area (Å²) in [6.45, 7) is 0.301. The highest BCUT2D eigenvalue weighted by molar-refractivity contribution is 6.02. The first-order valence-corrected chi connectivity index (χ1v) is 12.0. The first kappa shape index (κ1) is 26.2. The van der Waals surface area contributed by atoms with E-state index in [1.165, 1.54) is 24.4 Å². The second-order valence-electron chi connectivity index (χ2n) is 9.61. The Hall–Kier alpha value is -3.39. The molecule has 0 radical (unpaired) electrons. The Bertz CT molecular complexity index is 1350. The maximum absolute atomic E-state index is 13.8. The topological polar surface area (TPSA) is 106 Å². The maximum Gasteiger partial charge on any atom is 0.419 e. The molecule has 2 aliphatic rings. The molecule has 14 heteroatoms. The number of aliphatic hydroxyl groups is 1. The molecular formula is C24H24F6N6O2. The summed E-state index contributed by atoms with van der Waals surface area (Å²) in [5.41, 5.74) is -3.90. The number of carbonyl (C=O) groups is 1. The highest BCUT2D eigenvalue weighted by atomic mass is 19.4. The molecule has 2 aliphatic heterocycles. The number of H-pyrrole nitrogens is 1. The number of amides is 1. The van der Waals surface area contributed by atoms with Crippen LogP contribution >= 0.6 is 0 Å². The molecule has 204 valence electrons. The summed E-state index contributed by atoms with van der Waals surface area (Å²) in [7, 11) is 0. The van der Waals surface area contributed by atoms with Crippen molar-refractivity contribution in [3.05, 3.63) is 41.7 Å². The van der Waals surface area contributed by atoms with E-state index in [-0.39, 0.29) is 35.4 Å². The Labute approximate surface area is 212 Å². The second-order valence-corrected chi connectivity index (χ2v) is 9.61. The number of aromatic nitrogens is 3. The highest BCUT2D eigenvalue weighted by Gasteiger charge is 2.57. The van der Waals surface area contributed by atoms with Gasteiger partial charge in [-0.15, -0.1) is 0 Å². The van der Waals surface area contributed by atoms with Gasteiger partial charge >= 0.3 is 12.4 Å². The molecule has 3 aromatic rings. The van der Waals surface area contributed by atoms with Gasteiger partial charge in [-0.3, -0.25) is 4.79 Å². The van der Waals surface area contributed by atoms with Gasteiger partial charge in [0.2, 0.25) is 5.95 Å². The molecule has 4 heterocycles. The Morgan fingerprint density at radius 2 is 2.00 bits per heavy atom. The minimum absolute atomic E-state index is 0.0308. The van der Waals surface area contributed by atoms with Crippen molar-refractivity contribution in [2.75, 3.05) is 31.5 Å². The predicted octanol–water partition coefficient (Wildman–Crippen LogP) is 3.95. The first-order chi connectivity index (χ1) is 17.9. The van der Waals surface area contributed by atoms with E-state index in [0.29, 0.717) is 17.4 Å². The average molecular weight is 542 g/mol. The van der Waals surface area contributed by atoms with Gasteiger partial charge in [0.25, 0.3) is 5.91 Å². The summed E-state index contributed by atoms with van der Waals surface area (Å²) < 4.78 is 81.0. The lowest BCUT2D eigenvalue weighted by Crippen LogP contribution is -2.48. The molecule has 0 bridgehead atoms. The summed E-state index contributed by atoms with van der Waals surface area (Å²) in [4.78, 5) is 24.6. The van der Waals surface area contributed by atoms with Crippen molar-refractivity contribution in [2.24, 2.45) is 0 Å². The number of β-amino-alcohol motifs (C(OH)–C–C–N with tert-alkyl or cyclic N) is 1. The molecule has 5 rings (SSSR count). The number of piperidine rings is 1. The normalized spacial score (nSPS) is 22.7. The molecule has 2 fully saturated rings. The molecule has 0 spiro atoms. The van der Waals surface area contributed by atoms with Crippen LogP contribution in [0.15, 0.2) is 30.6 Å². The van der Waals surface area contributed by atoms with Crippen molar-refractivity contribution in [1.29, 1.82) is 0 Å². The van der Waals surface area contributed by atoms with Crippen LogP contribution in [0.4, 0.5) is 32.3 Å². The number of hydrogen-bond acceptors (Lipinski definition) is 6. The van der Waals surface area contributed by atoms with Crippen molar-refractivity contribution in [3.8, 4) is 11.3 Å². The van der Waals surface area contributed by atoms with Crippen molar-refractivity contribution >= 4 is 22.8 Å². The van der Waals surface area contributed by atoms with Gasteiger partial charge in [-0.25, -0.2) is 9.97 Å². The number of halogens is 6. The molecule has 2 aromatic heterocycles. The van der Waals surface area contributed by atoms with E-state index >= 15 is 0 Å². The van der Waals surface area contributed by atoms with Gasteiger partial charge in [0.05, 0.1) is 12.2 Å². The van der Waals surface area contributed by atoms with Crippen LogP contribution < -0.4 is 10.6 Å². The zero-order chi connectivity index (χ0) is 27.3. The largest absolute Gasteiger partial charge is 0.419 e. The summed E-state index contributed by atoms with van der Waals surface area (Å²) in [5.74, 6) is -0.678. The van der Waals surface area contributed by atoms with Crippen molar-refractivity contribution in [1.82, 2.24) is 25.2 Å². The molecule has 0 saturated carbocycles. The molecule has 0 aliphatic carbocycles. The van der Waals surface area contributed by atoms with Crippen molar-refractivity contribution < 1.29 is 36.2 Å². The number of carbonyl (C=O) groups excluding carboxylic acids is 1. The van der Waals surface area contributed by atoms with Gasteiger partial charge in [0, 0.05) is 60.0 Å². The predicted molar refractivity (Wildman–Crippen MR) is 125 cm³/mol. The van der Waals surface area contributed by atoms with E-state index in [9.17, 15) is 36.2 Å². The summed E-state index contributed by atoms with van der Waals surface area (Å²) in [6, 6.07) is 4.06. The minimum atomic E-state index is -4.88. The van der Waals surface area contributed by atoms with Crippen molar-refractivity contribution in [2.45, 2.75) is 43.3 Å². The SMILES string of the molecule is O=C(c1ccc2c(-c3nc(N[C@H]4CCCNC4)ncc3C(F)(F)F)c[nH]c2c1)N1CC[C@@](O)(C(F)(F)F)C1. The standard InChI is InChI=1S/C24H24F6N6O2/c25-23(26,27)17-11-33-21(34-14-2-1-6-31-9-14)35-19(17)16-10-32-18-8-13(3-4-15(16)18)20(37)36-7-5-22(38,12-36)24(28,29)30/h3-4,8,10-11,14,31-32,38H,1-2,5-7,9,12H2,(H,33,34,35)/t14-,22-/m0/s1. The molecule has 2 atom stereocenters. The number of alkyl halides is 6. The van der Waals surface area contributed by atoms with Crippen LogP contribution in [0.5, 0.6) is 0 Å². The zero-order valence-corrected chi connectivity index (χ0v) is 19.9. The fourth-order valence-electron chi connectivity index (χ4n) is 4.86. The van der Waals surface area contributed by atoms with E-state index in [4.69, 9.17) is 0 Å². The first-order valence-electron chi connectivity index (χ1n) is 12.0. The number of rotatable bonds is 4. The smallest absolute Gasteiger partial charge is 0.379 e. The number of aromatic amines is 1. The van der Waals surface area contributed by atoms with E-state index in [1.807, 2.05) is 0 Å². The Morgan fingerprint density at radius 3 is 2.66 bits per heavy atom. The lowest BCUT2D eigenvalue weighted by atomic mass is 10.0. The minimum Gasteiger partial charge on any atom is -0.379 e. The lowest BCUT2D eigenvalue weighted by Gasteiger charge is -2.25. The third kappa shape index (κ3) is 4.89. The zero-order valence-electron chi connectivity index (χ0n) is 19.9. The second kappa shape index (κ2) is 9.42. The van der Waals surface area contributed by atoms with Crippen molar-refractivity contribution in [3.63, 3.8) is 0 Å². The maximum atomic E-state index is 13.8. The van der Waals surface area contributed by atoms with E-state index in [1.54, 1.807) is 0 Å². The monoisotopic (exact) mass is 542 g/mol. The fraction of sp³-hybridized carbons (Fsp3) is 0.458. The summed E-state index contributed by atoms with van der Waals surface area (Å²) in [5, 5.41) is 16.5. The molecule has 1 amide bonds. The van der Waals surface area contributed by atoms with Gasteiger partial charge in [0.15, 0.2) is 5.60 Å². The van der Waals surface area contributed by atoms with E-state index < -0.39 is 42.4 Å². The Balaban J connectivity index is 1.45. The number of hydrogen-bond donors (Lipinski definition) is 4. The van der Waals surface area contributed by atoms with Crippen LogP contribution in [-0.4, -0.2) is 74.9 Å². The lowest BCUT2D eigenvalue weighted by molar-refractivity contribution is -0.253. The molecule has 38 heavy (non-hydrogen) atoms. The molecule has 4 N–H and O–H groups in total. The summed E-state index contributed by atoms with van der Waals surface area (Å²) >= 11 is 0. The molecule has 1 aromatic carbocycles. The molecule has 0 unspecified atom stereocenters. The number of fused-ring (bicyclic) bond motifs is 1. The van der Waals surface area contributed by atoms with E-state index in [2.05, 4.69) is 25.6 Å². The molecule has 2 saturated heterocycles. The fourth-order valence-corrected chi connectivity index (χ4v) is 4.86. The third-order valence-electron chi connectivity index (χ3n) is 6.97. The van der Waals surface area contributed by atoms with E-state index in [0.717, 1.165) is 30.5 Å².